The standard InChI is InChI=1S/C13H17ClN2O2/c1-16-5-4-9(8-16)7-15-12-6-10(14)2-3-11(12)13(17)18/h2-3,6,9,15H,4-5,7-8H2,1H3,(H,17,18). The quantitative estimate of drug-likeness (QED) is 0.881. The number of rotatable bonds is 4. The van der Waals surface area contributed by atoms with Crippen molar-refractivity contribution in [2.45, 2.75) is 6.42 Å². The summed E-state index contributed by atoms with van der Waals surface area (Å²) in [7, 11) is 2.10. The monoisotopic (exact) mass is 268 g/mol. The minimum absolute atomic E-state index is 0.269. The van der Waals surface area contributed by atoms with Crippen molar-refractivity contribution in [3.8, 4) is 0 Å². The molecule has 1 unspecified atom stereocenters. The van der Waals surface area contributed by atoms with Crippen molar-refractivity contribution in [1.29, 1.82) is 0 Å². The van der Waals surface area contributed by atoms with Gasteiger partial charge >= 0.3 is 5.97 Å². The number of likely N-dealkylation sites (tertiary alicyclic amines) is 1. The van der Waals surface area contributed by atoms with Crippen LogP contribution in [0.2, 0.25) is 5.02 Å². The van der Waals surface area contributed by atoms with Crippen LogP contribution in [-0.4, -0.2) is 42.7 Å². The van der Waals surface area contributed by atoms with Crippen molar-refractivity contribution >= 4 is 23.3 Å². The average Bonchev–Trinajstić information content (AvgIpc) is 2.72. The van der Waals surface area contributed by atoms with Gasteiger partial charge in [0.25, 0.3) is 0 Å². The smallest absolute Gasteiger partial charge is 0.337 e. The predicted molar refractivity (Wildman–Crippen MR) is 72.5 cm³/mol. The van der Waals surface area contributed by atoms with E-state index in [1.165, 1.54) is 6.07 Å². The first-order valence-electron chi connectivity index (χ1n) is 6.01. The highest BCUT2D eigenvalue weighted by molar-refractivity contribution is 6.31. The summed E-state index contributed by atoms with van der Waals surface area (Å²) in [5.41, 5.74) is 0.871. The molecule has 0 spiro atoms. The Hall–Kier alpha value is -1.26. The maximum absolute atomic E-state index is 11.1. The van der Waals surface area contributed by atoms with Crippen LogP contribution in [0, 0.1) is 5.92 Å². The third-order valence-corrected chi connectivity index (χ3v) is 3.52. The number of hydrogen-bond donors (Lipinski definition) is 2. The van der Waals surface area contributed by atoms with E-state index in [0.29, 0.717) is 16.6 Å². The topological polar surface area (TPSA) is 52.6 Å². The lowest BCUT2D eigenvalue weighted by Crippen LogP contribution is -2.20. The second-order valence-corrected chi connectivity index (χ2v) is 5.23. The van der Waals surface area contributed by atoms with Crippen LogP contribution in [0.25, 0.3) is 0 Å². The number of carboxylic acids is 1. The lowest BCUT2D eigenvalue weighted by molar-refractivity contribution is 0.0698. The van der Waals surface area contributed by atoms with E-state index in [-0.39, 0.29) is 5.56 Å². The average molecular weight is 269 g/mol. The highest BCUT2D eigenvalue weighted by Crippen LogP contribution is 2.22. The van der Waals surface area contributed by atoms with Gasteiger partial charge in [0.2, 0.25) is 0 Å². The molecule has 5 heteroatoms. The van der Waals surface area contributed by atoms with Gasteiger partial charge in [-0.05, 0) is 44.1 Å². The highest BCUT2D eigenvalue weighted by atomic mass is 35.5. The van der Waals surface area contributed by atoms with E-state index >= 15 is 0 Å². The summed E-state index contributed by atoms with van der Waals surface area (Å²) in [6.45, 7) is 2.94. The number of nitrogens with zero attached hydrogens (tertiary/aromatic N) is 1. The molecule has 98 valence electrons. The molecule has 1 aliphatic rings. The SMILES string of the molecule is CN1CCC(CNc2cc(Cl)ccc2C(=O)O)C1. The van der Waals surface area contributed by atoms with Gasteiger partial charge < -0.3 is 15.3 Å². The van der Waals surface area contributed by atoms with E-state index in [4.69, 9.17) is 16.7 Å². The first-order chi connectivity index (χ1) is 8.56. The molecule has 0 aliphatic carbocycles. The Kier molecular flexibility index (Phi) is 4.09. The van der Waals surface area contributed by atoms with Crippen LogP contribution in [0.4, 0.5) is 5.69 Å². The molecule has 1 aliphatic heterocycles. The zero-order valence-corrected chi connectivity index (χ0v) is 11.1. The number of hydrogen-bond acceptors (Lipinski definition) is 3. The molecule has 0 radical (unpaired) electrons. The summed E-state index contributed by atoms with van der Waals surface area (Å²) >= 11 is 5.90. The molecule has 2 rings (SSSR count). The van der Waals surface area contributed by atoms with Crippen molar-refractivity contribution < 1.29 is 9.90 Å². The molecular formula is C13H17ClN2O2. The molecular weight excluding hydrogens is 252 g/mol. The molecule has 0 aromatic heterocycles. The fraction of sp³-hybridized carbons (Fsp3) is 0.462. The van der Waals surface area contributed by atoms with Crippen LogP contribution < -0.4 is 5.32 Å². The largest absolute Gasteiger partial charge is 0.478 e. The third kappa shape index (κ3) is 3.15. The van der Waals surface area contributed by atoms with E-state index in [1.54, 1.807) is 12.1 Å². The van der Waals surface area contributed by atoms with Crippen LogP contribution in [-0.2, 0) is 0 Å². The fourth-order valence-electron chi connectivity index (χ4n) is 2.30. The van der Waals surface area contributed by atoms with E-state index in [9.17, 15) is 4.79 Å². The Balaban J connectivity index is 2.04. The molecule has 1 saturated heterocycles. The number of halogens is 1. The normalized spacial score (nSPS) is 20.0. The summed E-state index contributed by atoms with van der Waals surface area (Å²) in [5, 5.41) is 12.9. The maximum atomic E-state index is 11.1. The third-order valence-electron chi connectivity index (χ3n) is 3.28. The summed E-state index contributed by atoms with van der Waals surface area (Å²) in [5.74, 6) is -0.367. The van der Waals surface area contributed by atoms with Gasteiger partial charge in [0.15, 0.2) is 0 Å². The lowest BCUT2D eigenvalue weighted by Gasteiger charge is -2.14. The summed E-state index contributed by atoms with van der Waals surface area (Å²) in [6, 6.07) is 4.80. The van der Waals surface area contributed by atoms with E-state index in [2.05, 4.69) is 17.3 Å². The van der Waals surface area contributed by atoms with Gasteiger partial charge in [-0.15, -0.1) is 0 Å². The molecule has 0 saturated carbocycles. The van der Waals surface area contributed by atoms with Crippen molar-refractivity contribution in [3.63, 3.8) is 0 Å². The Morgan fingerprint density at radius 3 is 3.00 bits per heavy atom. The summed E-state index contributed by atoms with van der Waals surface area (Å²) in [6.07, 6.45) is 1.15. The van der Waals surface area contributed by atoms with Gasteiger partial charge in [-0.3, -0.25) is 0 Å². The first-order valence-corrected chi connectivity index (χ1v) is 6.39. The molecule has 1 aromatic carbocycles. The highest BCUT2D eigenvalue weighted by Gasteiger charge is 2.19. The Bertz CT molecular complexity index is 451. The van der Waals surface area contributed by atoms with Crippen molar-refractivity contribution in [2.75, 3.05) is 32.0 Å². The van der Waals surface area contributed by atoms with Crippen molar-refractivity contribution in [2.24, 2.45) is 5.92 Å². The number of benzene rings is 1. The zero-order valence-electron chi connectivity index (χ0n) is 10.3. The zero-order chi connectivity index (χ0) is 13.1. The number of anilines is 1. The molecule has 1 atom stereocenters. The van der Waals surface area contributed by atoms with Gasteiger partial charge in [-0.25, -0.2) is 4.79 Å². The second kappa shape index (κ2) is 5.59. The maximum Gasteiger partial charge on any atom is 0.337 e. The van der Waals surface area contributed by atoms with Crippen LogP contribution in [0.15, 0.2) is 18.2 Å². The van der Waals surface area contributed by atoms with Gasteiger partial charge in [-0.1, -0.05) is 11.6 Å². The lowest BCUT2D eigenvalue weighted by atomic mass is 10.1. The minimum Gasteiger partial charge on any atom is -0.478 e. The van der Waals surface area contributed by atoms with Crippen LogP contribution in [0.1, 0.15) is 16.8 Å². The predicted octanol–water partition coefficient (Wildman–Crippen LogP) is 2.40. The van der Waals surface area contributed by atoms with Crippen LogP contribution in [0.5, 0.6) is 0 Å². The van der Waals surface area contributed by atoms with Crippen molar-refractivity contribution in [1.82, 2.24) is 4.90 Å². The van der Waals surface area contributed by atoms with E-state index < -0.39 is 5.97 Å². The molecule has 18 heavy (non-hydrogen) atoms. The molecule has 1 heterocycles. The number of nitrogens with one attached hydrogen (secondary N) is 1. The summed E-state index contributed by atoms with van der Waals surface area (Å²) < 4.78 is 0. The van der Waals surface area contributed by atoms with E-state index in [1.807, 2.05) is 0 Å². The van der Waals surface area contributed by atoms with Crippen LogP contribution in [0.3, 0.4) is 0 Å². The van der Waals surface area contributed by atoms with Gasteiger partial charge in [0.1, 0.15) is 0 Å². The molecule has 0 bridgehead atoms. The molecule has 1 aromatic rings. The fourth-order valence-corrected chi connectivity index (χ4v) is 2.47. The molecule has 2 N–H and O–H groups in total. The van der Waals surface area contributed by atoms with E-state index in [0.717, 1.165) is 26.1 Å². The van der Waals surface area contributed by atoms with Gasteiger partial charge in [0, 0.05) is 18.1 Å². The molecule has 0 amide bonds. The van der Waals surface area contributed by atoms with Gasteiger partial charge in [-0.2, -0.15) is 0 Å². The Labute approximate surface area is 112 Å². The Morgan fingerprint density at radius 1 is 1.61 bits per heavy atom. The molecule has 4 nitrogen and oxygen atoms in total. The number of aromatic carboxylic acids is 1. The Morgan fingerprint density at radius 2 is 2.39 bits per heavy atom. The number of carboxylic acid groups (broad SMARTS) is 1. The minimum atomic E-state index is -0.933. The number of carbonyl (C=O) groups is 1. The first kappa shape index (κ1) is 13.2. The van der Waals surface area contributed by atoms with Gasteiger partial charge in [0.05, 0.1) is 11.3 Å². The molecule has 1 fully saturated rings. The van der Waals surface area contributed by atoms with Crippen LogP contribution >= 0.6 is 11.6 Å². The van der Waals surface area contributed by atoms with Crippen molar-refractivity contribution in [3.05, 3.63) is 28.8 Å². The summed E-state index contributed by atoms with van der Waals surface area (Å²) in [4.78, 5) is 13.4. The second-order valence-electron chi connectivity index (χ2n) is 4.79.